The fourth-order valence-corrected chi connectivity index (χ4v) is 2.91. The van der Waals surface area contributed by atoms with Gasteiger partial charge in [-0.3, -0.25) is 9.59 Å². The van der Waals surface area contributed by atoms with Crippen molar-refractivity contribution in [2.45, 2.75) is 45.4 Å². The molecular weight excluding hydrogens is 230 g/mol. The molecule has 2 N–H and O–H groups in total. The number of rotatable bonds is 5. The van der Waals surface area contributed by atoms with Crippen LogP contribution < -0.4 is 5.32 Å². The number of nitrogens with one attached hydrogen (secondary N) is 1. The number of carboxylic acids is 1. The highest BCUT2D eigenvalue weighted by Crippen LogP contribution is 2.38. The minimum atomic E-state index is -0.837. The number of carbonyl (C=O) groups is 2. The number of carboxylic acid groups (broad SMARTS) is 1. The minimum absolute atomic E-state index is 0.0634. The van der Waals surface area contributed by atoms with Gasteiger partial charge in [-0.05, 0) is 24.7 Å². The normalized spacial score (nSPS) is 34.9. The molecule has 0 heterocycles. The summed E-state index contributed by atoms with van der Waals surface area (Å²) in [6.45, 7) is 3.01. The van der Waals surface area contributed by atoms with Crippen molar-refractivity contribution >= 4 is 11.9 Å². The first-order valence-electron chi connectivity index (χ1n) is 7.08. The lowest BCUT2D eigenvalue weighted by Crippen LogP contribution is -2.29. The smallest absolute Gasteiger partial charge is 0.307 e. The van der Waals surface area contributed by atoms with Gasteiger partial charge in [-0.15, -0.1) is 0 Å². The molecule has 1 amide bonds. The van der Waals surface area contributed by atoms with Crippen LogP contribution in [-0.4, -0.2) is 23.5 Å². The Morgan fingerprint density at radius 1 is 1.17 bits per heavy atom. The van der Waals surface area contributed by atoms with Crippen LogP contribution in [0.3, 0.4) is 0 Å². The zero-order valence-corrected chi connectivity index (χ0v) is 11.0. The van der Waals surface area contributed by atoms with Crippen LogP contribution >= 0.6 is 0 Å². The third kappa shape index (κ3) is 3.47. The summed E-state index contributed by atoms with van der Waals surface area (Å²) < 4.78 is 0. The zero-order valence-electron chi connectivity index (χ0n) is 11.0. The van der Waals surface area contributed by atoms with Crippen LogP contribution in [0.15, 0.2) is 0 Å². The molecule has 0 aromatic rings. The third-order valence-corrected chi connectivity index (χ3v) is 4.43. The largest absolute Gasteiger partial charge is 0.481 e. The molecule has 0 bridgehead atoms. The van der Waals surface area contributed by atoms with Gasteiger partial charge in [-0.1, -0.05) is 32.6 Å². The van der Waals surface area contributed by atoms with E-state index in [-0.39, 0.29) is 11.8 Å². The number of aliphatic carboxylic acids is 1. The number of carbonyl (C=O) groups excluding carboxylic acids is 1. The van der Waals surface area contributed by atoms with Gasteiger partial charge in [0.2, 0.25) is 5.91 Å². The monoisotopic (exact) mass is 253 g/mol. The Kier molecular flexibility index (Phi) is 4.25. The Labute approximate surface area is 108 Å². The van der Waals surface area contributed by atoms with E-state index in [4.69, 9.17) is 5.11 Å². The molecule has 4 heteroatoms. The van der Waals surface area contributed by atoms with Crippen LogP contribution in [0.5, 0.6) is 0 Å². The predicted octanol–water partition coefficient (Wildman–Crippen LogP) is 2.04. The van der Waals surface area contributed by atoms with Crippen molar-refractivity contribution in [3.63, 3.8) is 0 Å². The minimum Gasteiger partial charge on any atom is -0.481 e. The maximum Gasteiger partial charge on any atom is 0.307 e. The van der Waals surface area contributed by atoms with E-state index in [0.717, 1.165) is 18.3 Å². The summed E-state index contributed by atoms with van der Waals surface area (Å²) >= 11 is 0. The Balaban J connectivity index is 1.58. The van der Waals surface area contributed by atoms with E-state index < -0.39 is 11.9 Å². The van der Waals surface area contributed by atoms with Gasteiger partial charge in [0.1, 0.15) is 0 Å². The SMILES string of the molecule is CC1CCC(CCNC(=O)[C@@H]2C[C@@H]2C(=O)O)CC1. The maximum absolute atomic E-state index is 11.6. The van der Waals surface area contributed by atoms with Crippen molar-refractivity contribution in [1.29, 1.82) is 0 Å². The average Bonchev–Trinajstić information content (AvgIpc) is 3.11. The van der Waals surface area contributed by atoms with Crippen molar-refractivity contribution in [3.05, 3.63) is 0 Å². The lowest BCUT2D eigenvalue weighted by atomic mass is 9.81. The van der Waals surface area contributed by atoms with Crippen molar-refractivity contribution in [1.82, 2.24) is 5.32 Å². The highest BCUT2D eigenvalue weighted by Gasteiger charge is 2.48. The molecule has 0 aromatic heterocycles. The molecule has 2 saturated carbocycles. The molecule has 102 valence electrons. The first-order valence-corrected chi connectivity index (χ1v) is 7.08. The maximum atomic E-state index is 11.6. The van der Waals surface area contributed by atoms with E-state index in [2.05, 4.69) is 12.2 Å². The molecule has 0 saturated heterocycles. The zero-order chi connectivity index (χ0) is 13.1. The topological polar surface area (TPSA) is 66.4 Å². The van der Waals surface area contributed by atoms with Crippen LogP contribution in [-0.2, 0) is 9.59 Å². The summed E-state index contributed by atoms with van der Waals surface area (Å²) in [6, 6.07) is 0. The van der Waals surface area contributed by atoms with E-state index in [0.29, 0.717) is 13.0 Å². The second-order valence-corrected chi connectivity index (χ2v) is 5.99. The fourth-order valence-electron chi connectivity index (χ4n) is 2.91. The van der Waals surface area contributed by atoms with Crippen LogP contribution in [0, 0.1) is 23.7 Å². The molecular formula is C14H23NO3. The molecule has 4 nitrogen and oxygen atoms in total. The van der Waals surface area contributed by atoms with Crippen molar-refractivity contribution in [2.24, 2.45) is 23.7 Å². The second-order valence-electron chi connectivity index (χ2n) is 5.99. The standard InChI is InChI=1S/C14H23NO3/c1-9-2-4-10(5-3-9)6-7-15-13(16)11-8-12(11)14(17)18/h9-12H,2-8H2,1H3,(H,15,16)(H,17,18)/t9?,10?,11-,12+/m1/s1. The van der Waals surface area contributed by atoms with Crippen LogP contribution in [0.1, 0.15) is 45.4 Å². The van der Waals surface area contributed by atoms with Crippen LogP contribution in [0.25, 0.3) is 0 Å². The summed E-state index contributed by atoms with van der Waals surface area (Å²) in [4.78, 5) is 22.3. The molecule has 2 atom stereocenters. The average molecular weight is 253 g/mol. The summed E-state index contributed by atoms with van der Waals surface area (Å²) in [6.07, 6.45) is 6.73. The van der Waals surface area contributed by atoms with E-state index in [9.17, 15) is 9.59 Å². The van der Waals surface area contributed by atoms with E-state index in [1.165, 1.54) is 25.7 Å². The van der Waals surface area contributed by atoms with Crippen LogP contribution in [0.4, 0.5) is 0 Å². The van der Waals surface area contributed by atoms with E-state index >= 15 is 0 Å². The number of amides is 1. The molecule has 0 unspecified atom stereocenters. The lowest BCUT2D eigenvalue weighted by molar-refractivity contribution is -0.140. The Hall–Kier alpha value is -1.06. The Bertz CT molecular complexity index is 321. The molecule has 0 radical (unpaired) electrons. The predicted molar refractivity (Wildman–Crippen MR) is 68.0 cm³/mol. The highest BCUT2D eigenvalue weighted by molar-refractivity contribution is 5.89. The molecule has 2 fully saturated rings. The van der Waals surface area contributed by atoms with Gasteiger partial charge >= 0.3 is 5.97 Å². The van der Waals surface area contributed by atoms with Crippen molar-refractivity contribution < 1.29 is 14.7 Å². The van der Waals surface area contributed by atoms with Gasteiger partial charge in [0.25, 0.3) is 0 Å². The number of hydrogen-bond acceptors (Lipinski definition) is 2. The first-order chi connectivity index (χ1) is 8.58. The lowest BCUT2D eigenvalue weighted by Gasteiger charge is -2.26. The van der Waals surface area contributed by atoms with Crippen LogP contribution in [0.2, 0.25) is 0 Å². The summed E-state index contributed by atoms with van der Waals surface area (Å²) in [7, 11) is 0. The van der Waals surface area contributed by atoms with E-state index in [1.54, 1.807) is 0 Å². The van der Waals surface area contributed by atoms with Gasteiger partial charge in [-0.2, -0.15) is 0 Å². The molecule has 2 aliphatic rings. The van der Waals surface area contributed by atoms with Gasteiger partial charge < -0.3 is 10.4 Å². The molecule has 0 spiro atoms. The molecule has 2 rings (SSSR count). The van der Waals surface area contributed by atoms with Gasteiger partial charge in [-0.25, -0.2) is 0 Å². The molecule has 0 aromatic carbocycles. The van der Waals surface area contributed by atoms with Gasteiger partial charge in [0.15, 0.2) is 0 Å². The Morgan fingerprint density at radius 3 is 2.39 bits per heavy atom. The van der Waals surface area contributed by atoms with Crippen molar-refractivity contribution in [2.75, 3.05) is 6.54 Å². The van der Waals surface area contributed by atoms with Gasteiger partial charge in [0, 0.05) is 6.54 Å². The molecule has 18 heavy (non-hydrogen) atoms. The third-order valence-electron chi connectivity index (χ3n) is 4.43. The number of hydrogen-bond donors (Lipinski definition) is 2. The first kappa shape index (κ1) is 13.4. The summed E-state index contributed by atoms with van der Waals surface area (Å²) in [5, 5.41) is 11.6. The summed E-state index contributed by atoms with van der Waals surface area (Å²) in [5.74, 6) is 0.00649. The molecule has 0 aliphatic heterocycles. The highest BCUT2D eigenvalue weighted by atomic mass is 16.4. The van der Waals surface area contributed by atoms with Gasteiger partial charge in [0.05, 0.1) is 11.8 Å². The quantitative estimate of drug-likeness (QED) is 0.788. The summed E-state index contributed by atoms with van der Waals surface area (Å²) in [5.41, 5.74) is 0. The molecule has 2 aliphatic carbocycles. The fraction of sp³-hybridized carbons (Fsp3) is 0.857. The van der Waals surface area contributed by atoms with Crippen molar-refractivity contribution in [3.8, 4) is 0 Å². The Morgan fingerprint density at radius 2 is 1.83 bits per heavy atom. The van der Waals surface area contributed by atoms with E-state index in [1.807, 2.05) is 0 Å². The second kappa shape index (κ2) is 5.72.